The van der Waals surface area contributed by atoms with E-state index >= 15 is 0 Å². The van der Waals surface area contributed by atoms with Crippen molar-refractivity contribution in [1.29, 1.82) is 0 Å². The van der Waals surface area contributed by atoms with Gasteiger partial charge in [-0.05, 0) is 26.8 Å². The van der Waals surface area contributed by atoms with E-state index in [-0.39, 0.29) is 30.4 Å². The third-order valence-electron chi connectivity index (χ3n) is 2.97. The van der Waals surface area contributed by atoms with E-state index in [4.69, 9.17) is 0 Å². The highest BCUT2D eigenvalue weighted by molar-refractivity contribution is 5.74. The Kier molecular flexibility index (Phi) is 6.68. The van der Waals surface area contributed by atoms with Gasteiger partial charge in [-0.2, -0.15) is 0 Å². The summed E-state index contributed by atoms with van der Waals surface area (Å²) in [5.41, 5.74) is 0.207. The highest BCUT2D eigenvalue weighted by Crippen LogP contribution is 2.26. The highest BCUT2D eigenvalue weighted by atomic mass is 19.4. The zero-order valence-corrected chi connectivity index (χ0v) is 13.2. The number of para-hydroxylation sites is 1. The van der Waals surface area contributed by atoms with Crippen LogP contribution in [0.15, 0.2) is 24.3 Å². The molecule has 0 fully saturated rings. The molecule has 0 radical (unpaired) electrons. The van der Waals surface area contributed by atoms with Gasteiger partial charge in [-0.15, -0.1) is 13.2 Å². The number of rotatable bonds is 6. The minimum absolute atomic E-state index is 0.117. The van der Waals surface area contributed by atoms with Gasteiger partial charge in [0, 0.05) is 24.7 Å². The van der Waals surface area contributed by atoms with Crippen LogP contribution in [0.5, 0.6) is 5.75 Å². The first-order valence-corrected chi connectivity index (χ1v) is 7.16. The van der Waals surface area contributed by atoms with Gasteiger partial charge < -0.3 is 20.1 Å². The minimum Gasteiger partial charge on any atom is -0.405 e. The predicted octanol–water partition coefficient (Wildman–Crippen LogP) is 2.89. The Labute approximate surface area is 133 Å². The first kappa shape index (κ1) is 19.1. The predicted molar refractivity (Wildman–Crippen MR) is 78.9 cm³/mol. The summed E-state index contributed by atoms with van der Waals surface area (Å²) in [4.78, 5) is 13.5. The van der Waals surface area contributed by atoms with E-state index < -0.39 is 18.5 Å². The van der Waals surface area contributed by atoms with E-state index in [1.54, 1.807) is 26.8 Å². The first-order valence-electron chi connectivity index (χ1n) is 7.16. The van der Waals surface area contributed by atoms with Gasteiger partial charge in [-0.3, -0.25) is 0 Å². The topological polar surface area (TPSA) is 61.8 Å². The second-order valence-electron chi connectivity index (χ2n) is 5.41. The Balaban J connectivity index is 2.75. The van der Waals surface area contributed by atoms with Gasteiger partial charge in [-0.1, -0.05) is 18.2 Å². The number of halogens is 3. The molecular formula is C15H21F3N2O3. The average molecular weight is 334 g/mol. The van der Waals surface area contributed by atoms with Crippen molar-refractivity contribution in [3.8, 4) is 5.75 Å². The smallest absolute Gasteiger partial charge is 0.405 e. The molecule has 1 rings (SSSR count). The molecule has 1 aromatic carbocycles. The van der Waals surface area contributed by atoms with Gasteiger partial charge in [0.1, 0.15) is 5.75 Å². The normalized spacial score (nSPS) is 12.9. The third-order valence-corrected chi connectivity index (χ3v) is 2.97. The van der Waals surface area contributed by atoms with Crippen LogP contribution in [0.1, 0.15) is 26.3 Å². The lowest BCUT2D eigenvalue weighted by Crippen LogP contribution is -2.46. The number of carbonyl (C=O) groups excluding carboxylic acids is 1. The number of alkyl halides is 3. The Hall–Kier alpha value is -1.96. The first-order chi connectivity index (χ1) is 10.6. The molecule has 2 amide bonds. The molecule has 1 atom stereocenters. The van der Waals surface area contributed by atoms with E-state index in [2.05, 4.69) is 10.1 Å². The summed E-state index contributed by atoms with van der Waals surface area (Å²) in [5, 5.41) is 12.0. The zero-order chi connectivity index (χ0) is 17.6. The van der Waals surface area contributed by atoms with Crippen LogP contribution in [0, 0.1) is 0 Å². The molecule has 23 heavy (non-hydrogen) atoms. The molecule has 0 aliphatic rings. The Bertz CT molecular complexity index is 519. The maximum absolute atomic E-state index is 12.4. The summed E-state index contributed by atoms with van der Waals surface area (Å²) < 4.78 is 41.0. The lowest BCUT2D eigenvalue weighted by atomic mass is 10.2. The van der Waals surface area contributed by atoms with E-state index in [1.807, 2.05) is 0 Å². The number of aliphatic hydroxyl groups is 1. The molecule has 1 unspecified atom stereocenters. The maximum Gasteiger partial charge on any atom is 0.573 e. The average Bonchev–Trinajstić information content (AvgIpc) is 2.41. The largest absolute Gasteiger partial charge is 0.573 e. The SMILES string of the molecule is CC(O)CN(C(=O)NCc1ccccc1OC(F)(F)F)C(C)C. The van der Waals surface area contributed by atoms with Gasteiger partial charge in [0.2, 0.25) is 0 Å². The van der Waals surface area contributed by atoms with Crippen LogP contribution in [0.25, 0.3) is 0 Å². The van der Waals surface area contributed by atoms with Crippen LogP contribution in [0.2, 0.25) is 0 Å². The second-order valence-corrected chi connectivity index (χ2v) is 5.41. The molecule has 130 valence electrons. The number of aliphatic hydroxyl groups excluding tert-OH is 1. The van der Waals surface area contributed by atoms with Crippen molar-refractivity contribution in [3.05, 3.63) is 29.8 Å². The van der Waals surface area contributed by atoms with Crippen LogP contribution < -0.4 is 10.1 Å². The van der Waals surface area contributed by atoms with Gasteiger partial charge in [0.05, 0.1) is 6.10 Å². The molecule has 8 heteroatoms. The fourth-order valence-corrected chi connectivity index (χ4v) is 1.96. The Morgan fingerprint density at radius 2 is 1.91 bits per heavy atom. The number of nitrogens with one attached hydrogen (secondary N) is 1. The number of hydrogen-bond donors (Lipinski definition) is 2. The molecule has 0 spiro atoms. The summed E-state index contributed by atoms with van der Waals surface area (Å²) in [6.45, 7) is 5.12. The van der Waals surface area contributed by atoms with Crippen LogP contribution >= 0.6 is 0 Å². The van der Waals surface area contributed by atoms with Crippen LogP contribution in [0.3, 0.4) is 0 Å². The molecule has 2 N–H and O–H groups in total. The second kappa shape index (κ2) is 8.05. The van der Waals surface area contributed by atoms with Gasteiger partial charge in [0.15, 0.2) is 0 Å². The Morgan fingerprint density at radius 1 is 1.30 bits per heavy atom. The van der Waals surface area contributed by atoms with Crippen molar-refractivity contribution < 1.29 is 27.8 Å². The minimum atomic E-state index is -4.80. The highest BCUT2D eigenvalue weighted by Gasteiger charge is 2.32. The van der Waals surface area contributed by atoms with Crippen LogP contribution in [0.4, 0.5) is 18.0 Å². The van der Waals surface area contributed by atoms with Crippen molar-refractivity contribution in [2.45, 2.75) is 45.8 Å². The number of urea groups is 1. The molecule has 0 aliphatic carbocycles. The molecular weight excluding hydrogens is 313 g/mol. The third kappa shape index (κ3) is 6.77. The molecule has 0 heterocycles. The summed E-state index contributed by atoms with van der Waals surface area (Å²) >= 11 is 0. The van der Waals surface area contributed by atoms with Gasteiger partial charge >= 0.3 is 12.4 Å². The standard InChI is InChI=1S/C15H21F3N2O3/c1-10(2)20(9-11(3)21)14(22)19-8-12-6-4-5-7-13(12)23-15(16,17)18/h4-7,10-11,21H,8-9H2,1-3H3,(H,19,22). The van der Waals surface area contributed by atoms with Crippen molar-refractivity contribution in [2.75, 3.05) is 6.54 Å². The van der Waals surface area contributed by atoms with Crippen molar-refractivity contribution >= 4 is 6.03 Å². The van der Waals surface area contributed by atoms with Crippen molar-refractivity contribution in [3.63, 3.8) is 0 Å². The fourth-order valence-electron chi connectivity index (χ4n) is 1.96. The van der Waals surface area contributed by atoms with Gasteiger partial charge in [0.25, 0.3) is 0 Å². The summed E-state index contributed by atoms with van der Waals surface area (Å²) in [7, 11) is 0. The number of carbonyl (C=O) groups is 1. The number of hydrogen-bond acceptors (Lipinski definition) is 3. The molecule has 0 aliphatic heterocycles. The molecule has 1 aromatic rings. The van der Waals surface area contributed by atoms with E-state index in [0.717, 1.165) is 0 Å². The van der Waals surface area contributed by atoms with Crippen LogP contribution in [-0.2, 0) is 6.54 Å². The van der Waals surface area contributed by atoms with Crippen molar-refractivity contribution in [2.24, 2.45) is 0 Å². The summed E-state index contributed by atoms with van der Waals surface area (Å²) in [6, 6.07) is 4.97. The number of ether oxygens (including phenoxy) is 1. The number of nitrogens with zero attached hydrogens (tertiary/aromatic N) is 1. The number of amides is 2. The van der Waals surface area contributed by atoms with Crippen LogP contribution in [-0.4, -0.2) is 41.1 Å². The molecule has 5 nitrogen and oxygen atoms in total. The van der Waals surface area contributed by atoms with Crippen molar-refractivity contribution in [1.82, 2.24) is 10.2 Å². The lowest BCUT2D eigenvalue weighted by Gasteiger charge is -2.28. The monoisotopic (exact) mass is 334 g/mol. The molecule has 0 aromatic heterocycles. The lowest BCUT2D eigenvalue weighted by molar-refractivity contribution is -0.274. The number of benzene rings is 1. The van der Waals surface area contributed by atoms with E-state index in [9.17, 15) is 23.1 Å². The van der Waals surface area contributed by atoms with E-state index in [0.29, 0.717) is 0 Å². The fraction of sp³-hybridized carbons (Fsp3) is 0.533. The Morgan fingerprint density at radius 3 is 2.43 bits per heavy atom. The molecule has 0 bridgehead atoms. The summed E-state index contributed by atoms with van der Waals surface area (Å²) in [6.07, 6.45) is -5.50. The van der Waals surface area contributed by atoms with Gasteiger partial charge in [-0.25, -0.2) is 4.79 Å². The molecule has 0 saturated heterocycles. The zero-order valence-electron chi connectivity index (χ0n) is 13.2. The summed E-state index contributed by atoms with van der Waals surface area (Å²) in [5.74, 6) is -0.355. The molecule has 0 saturated carbocycles. The maximum atomic E-state index is 12.4. The quantitative estimate of drug-likeness (QED) is 0.841. The van der Waals surface area contributed by atoms with E-state index in [1.165, 1.54) is 23.1 Å².